The number of hydrogen-bond donors (Lipinski definition) is 1. The third-order valence-corrected chi connectivity index (χ3v) is 6.17. The lowest BCUT2D eigenvalue weighted by Crippen LogP contribution is -2.44. The fraction of sp³-hybridized carbons (Fsp3) is 0.389. The van der Waals surface area contributed by atoms with Crippen molar-refractivity contribution >= 4 is 57.5 Å². The predicted octanol–water partition coefficient (Wildman–Crippen LogP) is 3.05. The Morgan fingerprint density at radius 3 is 2.67 bits per heavy atom. The van der Waals surface area contributed by atoms with Crippen LogP contribution in [0.25, 0.3) is 6.08 Å². The van der Waals surface area contributed by atoms with Crippen molar-refractivity contribution in [3.63, 3.8) is 0 Å². The number of carbonyl (C=O) groups excluding carboxylic acids is 3. The van der Waals surface area contributed by atoms with Crippen LogP contribution in [-0.4, -0.2) is 58.7 Å². The first kappa shape index (κ1) is 20.0. The highest BCUT2D eigenvalue weighted by Crippen LogP contribution is 2.36. The summed E-state index contributed by atoms with van der Waals surface area (Å²) in [4.78, 5) is 40.2. The topological polar surface area (TPSA) is 87.2 Å². The standard InChI is InChI=1S/C18H19IN2O5S/c1-26-13-8-11(7-12(19)16(13)23)9-14-17(24)21(18(25)27-14)10-15(22)20-5-3-2-4-6-20/h7-9,23H,2-6,10H2,1H3/b14-9-. The zero-order valence-electron chi connectivity index (χ0n) is 14.7. The Bertz CT molecular complexity index is 820. The summed E-state index contributed by atoms with van der Waals surface area (Å²) >= 11 is 2.77. The van der Waals surface area contributed by atoms with Crippen LogP contribution in [0.15, 0.2) is 17.0 Å². The van der Waals surface area contributed by atoms with Crippen molar-refractivity contribution in [2.45, 2.75) is 19.3 Å². The summed E-state index contributed by atoms with van der Waals surface area (Å²) in [7, 11) is 1.44. The van der Waals surface area contributed by atoms with Crippen molar-refractivity contribution in [3.8, 4) is 11.5 Å². The van der Waals surface area contributed by atoms with Crippen molar-refractivity contribution in [2.24, 2.45) is 0 Å². The molecule has 0 atom stereocenters. The van der Waals surface area contributed by atoms with E-state index >= 15 is 0 Å². The molecule has 9 heteroatoms. The fourth-order valence-electron chi connectivity index (χ4n) is 3.00. The van der Waals surface area contributed by atoms with Crippen LogP contribution in [0.4, 0.5) is 4.79 Å². The van der Waals surface area contributed by atoms with E-state index < -0.39 is 11.1 Å². The van der Waals surface area contributed by atoms with E-state index in [1.54, 1.807) is 23.1 Å². The molecule has 3 amide bonds. The number of methoxy groups -OCH3 is 1. The normalized spacial score (nSPS) is 19.1. The maximum Gasteiger partial charge on any atom is 0.294 e. The molecule has 2 fully saturated rings. The number of likely N-dealkylation sites (tertiary alicyclic amines) is 1. The van der Waals surface area contributed by atoms with Gasteiger partial charge in [-0.3, -0.25) is 19.3 Å². The molecule has 144 valence electrons. The van der Waals surface area contributed by atoms with Gasteiger partial charge in [0, 0.05) is 13.1 Å². The van der Waals surface area contributed by atoms with Crippen LogP contribution in [0.3, 0.4) is 0 Å². The zero-order chi connectivity index (χ0) is 19.6. The number of phenolic OH excluding ortho intramolecular Hbond substituents is 1. The number of halogens is 1. The second-order valence-corrected chi connectivity index (χ2v) is 8.42. The minimum Gasteiger partial charge on any atom is -0.504 e. The molecular weight excluding hydrogens is 483 g/mol. The highest BCUT2D eigenvalue weighted by molar-refractivity contribution is 14.1. The summed E-state index contributed by atoms with van der Waals surface area (Å²) in [6, 6.07) is 3.27. The van der Waals surface area contributed by atoms with E-state index in [0.29, 0.717) is 22.2 Å². The first-order chi connectivity index (χ1) is 12.9. The summed E-state index contributed by atoms with van der Waals surface area (Å²) in [6.45, 7) is 1.13. The monoisotopic (exact) mass is 502 g/mol. The van der Waals surface area contributed by atoms with Gasteiger partial charge < -0.3 is 14.7 Å². The quantitative estimate of drug-likeness (QED) is 0.503. The highest BCUT2D eigenvalue weighted by Gasteiger charge is 2.37. The van der Waals surface area contributed by atoms with Crippen molar-refractivity contribution < 1.29 is 24.2 Å². The molecule has 2 heterocycles. The molecule has 0 spiro atoms. The number of ether oxygens (including phenoxy) is 1. The highest BCUT2D eigenvalue weighted by atomic mass is 127. The SMILES string of the molecule is COc1cc(/C=C2\SC(=O)N(CC(=O)N3CCCCC3)C2=O)cc(I)c1O. The van der Waals surface area contributed by atoms with Crippen LogP contribution < -0.4 is 4.74 Å². The molecule has 1 aromatic rings. The molecule has 2 aliphatic rings. The van der Waals surface area contributed by atoms with Crippen molar-refractivity contribution in [1.82, 2.24) is 9.80 Å². The Morgan fingerprint density at radius 2 is 2.00 bits per heavy atom. The number of piperidine rings is 1. The lowest BCUT2D eigenvalue weighted by atomic mass is 10.1. The van der Waals surface area contributed by atoms with Crippen molar-refractivity contribution in [2.75, 3.05) is 26.7 Å². The Hall–Kier alpha value is -1.75. The van der Waals surface area contributed by atoms with Gasteiger partial charge in [-0.15, -0.1) is 0 Å². The van der Waals surface area contributed by atoms with Crippen LogP contribution in [0.2, 0.25) is 0 Å². The third kappa shape index (κ3) is 4.40. The molecular formula is C18H19IN2O5S. The number of amides is 3. The number of hydrogen-bond acceptors (Lipinski definition) is 6. The van der Waals surface area contributed by atoms with E-state index in [-0.39, 0.29) is 28.9 Å². The number of carbonyl (C=O) groups is 3. The molecule has 1 aromatic carbocycles. The van der Waals surface area contributed by atoms with E-state index in [1.807, 2.05) is 22.6 Å². The lowest BCUT2D eigenvalue weighted by Gasteiger charge is -2.27. The Morgan fingerprint density at radius 1 is 1.30 bits per heavy atom. The van der Waals surface area contributed by atoms with Crippen LogP contribution in [0.1, 0.15) is 24.8 Å². The van der Waals surface area contributed by atoms with Crippen molar-refractivity contribution in [1.29, 1.82) is 0 Å². The van der Waals surface area contributed by atoms with Gasteiger partial charge in [0.1, 0.15) is 6.54 Å². The molecule has 0 aliphatic carbocycles. The molecule has 27 heavy (non-hydrogen) atoms. The van der Waals surface area contributed by atoms with Gasteiger partial charge in [0.25, 0.3) is 11.1 Å². The van der Waals surface area contributed by atoms with Crippen LogP contribution >= 0.6 is 34.4 Å². The number of rotatable bonds is 4. The van der Waals surface area contributed by atoms with Gasteiger partial charge in [-0.05, 0) is 77.4 Å². The molecule has 7 nitrogen and oxygen atoms in total. The van der Waals surface area contributed by atoms with Crippen LogP contribution in [0, 0.1) is 3.57 Å². The molecule has 0 unspecified atom stereocenters. The summed E-state index contributed by atoms with van der Waals surface area (Å²) in [5, 5.41) is 9.46. The third-order valence-electron chi connectivity index (χ3n) is 4.44. The van der Waals surface area contributed by atoms with Gasteiger partial charge in [0.05, 0.1) is 15.6 Å². The van der Waals surface area contributed by atoms with E-state index in [0.717, 1.165) is 35.9 Å². The molecule has 0 bridgehead atoms. The van der Waals surface area contributed by atoms with E-state index in [4.69, 9.17) is 4.74 Å². The molecule has 1 N–H and O–H groups in total. The fourth-order valence-corrected chi connectivity index (χ4v) is 4.46. The van der Waals surface area contributed by atoms with E-state index in [9.17, 15) is 19.5 Å². The molecule has 2 saturated heterocycles. The second-order valence-electron chi connectivity index (χ2n) is 6.26. The Labute approximate surface area is 174 Å². The smallest absolute Gasteiger partial charge is 0.294 e. The van der Waals surface area contributed by atoms with Crippen molar-refractivity contribution in [3.05, 3.63) is 26.2 Å². The molecule has 0 radical (unpaired) electrons. The molecule has 3 rings (SSSR count). The second kappa shape index (κ2) is 8.51. The first-order valence-corrected chi connectivity index (χ1v) is 10.4. The maximum atomic E-state index is 12.6. The molecule has 0 aromatic heterocycles. The first-order valence-electron chi connectivity index (χ1n) is 8.50. The Balaban J connectivity index is 1.76. The number of imide groups is 1. The summed E-state index contributed by atoms with van der Waals surface area (Å²) in [5.41, 5.74) is 0.627. The zero-order valence-corrected chi connectivity index (χ0v) is 17.7. The number of aromatic hydroxyl groups is 1. The average Bonchev–Trinajstić information content (AvgIpc) is 2.92. The average molecular weight is 502 g/mol. The largest absolute Gasteiger partial charge is 0.504 e. The van der Waals surface area contributed by atoms with Gasteiger partial charge in [-0.1, -0.05) is 0 Å². The minimum atomic E-state index is -0.475. The summed E-state index contributed by atoms with van der Waals surface area (Å²) in [5.74, 6) is -0.361. The summed E-state index contributed by atoms with van der Waals surface area (Å²) in [6.07, 6.45) is 4.58. The number of benzene rings is 1. The molecule has 2 aliphatic heterocycles. The Kier molecular flexibility index (Phi) is 6.30. The number of nitrogens with zero attached hydrogens (tertiary/aromatic N) is 2. The van der Waals surface area contributed by atoms with E-state index in [2.05, 4.69) is 0 Å². The van der Waals surface area contributed by atoms with Gasteiger partial charge >= 0.3 is 0 Å². The van der Waals surface area contributed by atoms with Gasteiger partial charge in [-0.2, -0.15) is 0 Å². The lowest BCUT2D eigenvalue weighted by molar-refractivity contribution is -0.136. The van der Waals surface area contributed by atoms with E-state index in [1.165, 1.54) is 7.11 Å². The van der Waals surface area contributed by atoms with Gasteiger partial charge in [0.15, 0.2) is 11.5 Å². The molecule has 0 saturated carbocycles. The van der Waals surface area contributed by atoms with Crippen LogP contribution in [-0.2, 0) is 9.59 Å². The number of phenols is 1. The van der Waals surface area contributed by atoms with Gasteiger partial charge in [-0.25, -0.2) is 0 Å². The van der Waals surface area contributed by atoms with Gasteiger partial charge in [0.2, 0.25) is 5.91 Å². The minimum absolute atomic E-state index is 0.0236. The van der Waals surface area contributed by atoms with Crippen LogP contribution in [0.5, 0.6) is 11.5 Å². The predicted molar refractivity (Wildman–Crippen MR) is 110 cm³/mol. The summed E-state index contributed by atoms with van der Waals surface area (Å²) < 4.78 is 5.68. The number of thioether (sulfide) groups is 1. The maximum absolute atomic E-state index is 12.6.